The highest BCUT2D eigenvalue weighted by molar-refractivity contribution is 5.84. The van der Waals surface area contributed by atoms with Crippen LogP contribution >= 0.6 is 0 Å². The molecule has 0 spiro atoms. The number of aliphatic hydroxyl groups excluding tert-OH is 1. The molecule has 0 aliphatic heterocycles. The van der Waals surface area contributed by atoms with Crippen LogP contribution in [-0.2, 0) is 157 Å². The number of methoxy groups -OCH3 is 8. The van der Waals surface area contributed by atoms with E-state index in [0.717, 1.165) is 26.9 Å². The molecular formula is C78H125F23O38. The van der Waals surface area contributed by atoms with Gasteiger partial charge in [-0.1, -0.05) is 26.2 Å². The number of hydrogen-bond donors (Lipinski definition) is 2. The first-order valence-corrected chi connectivity index (χ1v) is 40.3. The number of ether oxygens (including phenoxy) is 23. The van der Waals surface area contributed by atoms with Crippen LogP contribution in [0.15, 0.2) is 0 Å². The summed E-state index contributed by atoms with van der Waals surface area (Å²) in [6.07, 6.45) is -33.1. The standard InChI is InChI=1S/C15H21F5O5.C10H13F5O5.C10H16F2O5.C8H11F5O4.C7H12F2O4.C7H12F2O3.C6H10F2O3.C6H12O3.C5H10O3.C4H8O3/c1-13(16,17)8-9-24-14(12(22)23-2,15(18,19)20)25-11(21)10-6-4-3-5-7-10;1-6(16)20-9(7(17)18-3,10(13,14)15)19-5-4-8(2,11)12;1-7(13)17-8(4-5-9(14)15-3)6-16-10(2,11)12;1-6(9,10)3-4-17-7(15,5(14)16-2)8(11,12)13;1-7(8,9)13-4-5(10)3-6(11)12-2;1-7(8,9)12-5-3-4-6(10)11-2;1-6(7,8)11-4-3-5(9)10-2;1-3-5-9-6(7)8-4-2;1-3-7-5(6)8-4-2;1-3-7-4(5)6-2/h10H,3-9H2,1-2H3;4-5H2,1-3H3;8H,4-6H2,1-3H3;15H,3-4H2,1-2H3;5,10H,3-4H2,1-2H3;3-5H2,1-2H3;3-4H2,1-2H3;3-5H2,1-2H3;3-4H2,1-2H3;3H2,1-2H3. The van der Waals surface area contributed by atoms with Gasteiger partial charge in [0.1, 0.15) is 6.10 Å². The van der Waals surface area contributed by atoms with Gasteiger partial charge in [0.25, 0.3) is 0 Å². The number of halogens is 23. The summed E-state index contributed by atoms with van der Waals surface area (Å²) in [5.41, 5.74) is 0. The minimum Gasteiger partial charge on any atom is -0.469 e. The summed E-state index contributed by atoms with van der Waals surface area (Å²) < 4.78 is 385. The van der Waals surface area contributed by atoms with Crippen LogP contribution in [0, 0.1) is 5.92 Å². The molecule has 61 heteroatoms. The van der Waals surface area contributed by atoms with Crippen molar-refractivity contribution < 1.29 is 282 Å². The largest absolute Gasteiger partial charge is 0.508 e. The van der Waals surface area contributed by atoms with E-state index >= 15 is 0 Å². The van der Waals surface area contributed by atoms with Crippen molar-refractivity contribution in [2.45, 2.75) is 284 Å². The van der Waals surface area contributed by atoms with Gasteiger partial charge in [-0.25, -0.2) is 55.1 Å². The summed E-state index contributed by atoms with van der Waals surface area (Å²) in [4.78, 5) is 140. The lowest BCUT2D eigenvalue weighted by molar-refractivity contribution is -0.357. The Balaban J connectivity index is -0.000000197. The van der Waals surface area contributed by atoms with E-state index in [-0.39, 0.29) is 51.7 Å². The van der Waals surface area contributed by atoms with Crippen molar-refractivity contribution in [3.8, 4) is 0 Å². The van der Waals surface area contributed by atoms with Gasteiger partial charge in [0.05, 0.1) is 161 Å². The first-order chi connectivity index (χ1) is 63.1. The van der Waals surface area contributed by atoms with E-state index in [9.17, 15) is 163 Å². The predicted molar refractivity (Wildman–Crippen MR) is 422 cm³/mol. The van der Waals surface area contributed by atoms with Gasteiger partial charge in [-0.15, -0.1) is 0 Å². The Labute approximate surface area is 784 Å². The number of carbonyl (C=O) groups excluding carboxylic acids is 13. The second-order valence-electron chi connectivity index (χ2n) is 27.1. The van der Waals surface area contributed by atoms with E-state index in [1.165, 1.54) is 28.4 Å². The van der Waals surface area contributed by atoms with E-state index in [4.69, 9.17) is 14.9 Å². The Hall–Kier alpha value is -9.46. The highest BCUT2D eigenvalue weighted by Gasteiger charge is 2.69. The molecule has 0 radical (unpaired) electrons. The smallest absolute Gasteiger partial charge is 0.469 e. The van der Waals surface area contributed by atoms with Gasteiger partial charge < -0.3 is 119 Å². The van der Waals surface area contributed by atoms with Crippen LogP contribution < -0.4 is 0 Å². The molecule has 0 aromatic carbocycles. The molecule has 0 amide bonds. The van der Waals surface area contributed by atoms with Gasteiger partial charge >= 0.3 is 138 Å². The van der Waals surface area contributed by atoms with Crippen LogP contribution in [0.5, 0.6) is 0 Å². The molecule has 1 aliphatic rings. The zero-order valence-corrected chi connectivity index (χ0v) is 80.1. The van der Waals surface area contributed by atoms with E-state index < -0.39 is 227 Å². The molecule has 1 fully saturated rings. The fourth-order valence-corrected chi connectivity index (χ4v) is 7.72. The highest BCUT2D eigenvalue weighted by Crippen LogP contribution is 2.41. The van der Waals surface area contributed by atoms with E-state index in [1.54, 1.807) is 27.7 Å². The topological polar surface area (TPSA) is 475 Å². The molecule has 1 saturated carbocycles. The second kappa shape index (κ2) is 75.4. The zero-order chi connectivity index (χ0) is 111. The van der Waals surface area contributed by atoms with Crippen LogP contribution in [0.2, 0.25) is 0 Å². The summed E-state index contributed by atoms with van der Waals surface area (Å²) in [5.74, 6) is -34.8. The van der Waals surface area contributed by atoms with Crippen molar-refractivity contribution >= 4 is 78.2 Å². The summed E-state index contributed by atoms with van der Waals surface area (Å²) in [5, 5.41) is 17.9. The molecule has 0 aromatic rings. The SMILES string of the molecule is CCCOC(=O)OCC.CCOC(=O)OC.CCOC(=O)OCC.COC(=O)C(O)(OCCC(C)(F)F)C(F)(F)F.COC(=O)C(OCCC(C)(F)F)(OC(=O)C1CCCCC1)C(F)(F)F.COC(=O)C(OCCC(C)(F)F)(OC(C)=O)C(F)(F)F.COC(=O)CC(O)COC(C)(F)F.COC(=O)CCC(COC(C)(F)F)OC(C)=O.COC(=O)CCCOC(C)(F)F.COC(=O)CCOC(C)(F)F. The molecule has 826 valence electrons. The molecule has 0 saturated heterocycles. The molecule has 2 N–H and O–H groups in total. The van der Waals surface area contributed by atoms with Gasteiger partial charge in [0.15, 0.2) is 0 Å². The highest BCUT2D eigenvalue weighted by atomic mass is 19.4. The third-order valence-electron chi connectivity index (χ3n) is 14.1. The van der Waals surface area contributed by atoms with E-state index in [1.807, 2.05) is 6.92 Å². The summed E-state index contributed by atoms with van der Waals surface area (Å²) in [6, 6.07) is 0. The van der Waals surface area contributed by atoms with Crippen LogP contribution in [0.3, 0.4) is 0 Å². The molecule has 0 bridgehead atoms. The third-order valence-corrected chi connectivity index (χ3v) is 14.1. The fraction of sp³-hybridized carbons (Fsp3) is 0.833. The molecule has 38 nitrogen and oxygen atoms in total. The third kappa shape index (κ3) is 87.3. The Morgan fingerprint density at radius 2 is 0.691 bits per heavy atom. The molecule has 5 unspecified atom stereocenters. The monoisotopic (exact) mass is 2110 g/mol. The number of hydrogen-bond acceptors (Lipinski definition) is 38. The van der Waals surface area contributed by atoms with Crippen LogP contribution in [0.1, 0.15) is 193 Å². The summed E-state index contributed by atoms with van der Waals surface area (Å²) >= 11 is 0. The van der Waals surface area contributed by atoms with Crippen LogP contribution in [-0.4, -0.2) is 315 Å². The van der Waals surface area contributed by atoms with Gasteiger partial charge in [0.2, 0.25) is 17.8 Å². The second-order valence-corrected chi connectivity index (χ2v) is 27.1. The Bertz CT molecular complexity index is 3370. The lowest BCUT2D eigenvalue weighted by atomic mass is 9.89. The molecule has 0 heterocycles. The maximum atomic E-state index is 13.5. The quantitative estimate of drug-likeness (QED) is 0.0188. The summed E-state index contributed by atoms with van der Waals surface area (Å²) in [6.45, 7) is 11.3. The number of aliphatic hydroxyl groups is 2. The van der Waals surface area contributed by atoms with Gasteiger partial charge in [-0.3, -0.25) is 33.6 Å². The van der Waals surface area contributed by atoms with Gasteiger partial charge in [0, 0.05) is 73.6 Å². The lowest BCUT2D eigenvalue weighted by Gasteiger charge is -2.33. The molecular weight excluding hydrogens is 1980 g/mol. The molecule has 0 aromatic heterocycles. The maximum absolute atomic E-state index is 13.5. The zero-order valence-electron chi connectivity index (χ0n) is 80.1. The Kier molecular flexibility index (Phi) is 79.9. The van der Waals surface area contributed by atoms with Crippen molar-refractivity contribution in [1.82, 2.24) is 0 Å². The minimum atomic E-state index is -5.49. The number of alkyl halides is 23. The molecule has 1 aliphatic carbocycles. The van der Waals surface area contributed by atoms with E-state index in [0.29, 0.717) is 135 Å². The molecule has 139 heavy (non-hydrogen) atoms. The number of esters is 10. The number of rotatable bonds is 45. The van der Waals surface area contributed by atoms with Crippen molar-refractivity contribution in [3.05, 3.63) is 0 Å². The van der Waals surface area contributed by atoms with Crippen molar-refractivity contribution in [1.29, 1.82) is 0 Å². The predicted octanol–water partition coefficient (Wildman–Crippen LogP) is 15.4. The Morgan fingerprint density at radius 3 is 1.01 bits per heavy atom. The van der Waals surface area contributed by atoms with Crippen molar-refractivity contribution in [2.75, 3.05) is 136 Å². The normalized spacial score (nSPS) is 13.9. The maximum Gasteiger partial charge on any atom is 0.508 e. The Morgan fingerprint density at radius 1 is 0.345 bits per heavy atom. The fourth-order valence-electron chi connectivity index (χ4n) is 7.72. The first-order valence-electron chi connectivity index (χ1n) is 40.3. The molecule has 5 atom stereocenters. The van der Waals surface area contributed by atoms with Gasteiger partial charge in [-0.05, 0) is 80.6 Å². The summed E-state index contributed by atoms with van der Waals surface area (Å²) in [7, 11) is 7.90. The minimum absolute atomic E-state index is 0.0346. The lowest BCUT2D eigenvalue weighted by Crippen LogP contribution is -2.58. The molecule has 1 rings (SSSR count). The average molecular weight is 2110 g/mol. The van der Waals surface area contributed by atoms with E-state index in [2.05, 4.69) is 104 Å². The average Bonchev–Trinajstić information content (AvgIpc) is 0.771. The van der Waals surface area contributed by atoms with Crippen LogP contribution in [0.25, 0.3) is 0 Å². The number of carbonyl (C=O) groups is 13. The first kappa shape index (κ1) is 147. The van der Waals surface area contributed by atoms with Crippen molar-refractivity contribution in [3.63, 3.8) is 0 Å². The van der Waals surface area contributed by atoms with Gasteiger partial charge in [-0.2, -0.15) is 74.6 Å². The van der Waals surface area contributed by atoms with Crippen LogP contribution in [0.4, 0.5) is 115 Å². The van der Waals surface area contributed by atoms with Crippen molar-refractivity contribution in [2.24, 2.45) is 5.92 Å².